The van der Waals surface area contributed by atoms with Crippen LogP contribution in [0.2, 0.25) is 0 Å². The molecule has 0 saturated carbocycles. The number of piperidine rings is 1. The van der Waals surface area contributed by atoms with Gasteiger partial charge in [-0.25, -0.2) is 16.8 Å². The van der Waals surface area contributed by atoms with Crippen LogP contribution in [0.4, 0.5) is 11.4 Å². The minimum absolute atomic E-state index is 0.0255. The van der Waals surface area contributed by atoms with Gasteiger partial charge in [0.1, 0.15) is 0 Å². The van der Waals surface area contributed by atoms with Gasteiger partial charge in [-0.05, 0) is 55.7 Å². The van der Waals surface area contributed by atoms with Crippen molar-refractivity contribution in [1.82, 2.24) is 0 Å². The minimum atomic E-state index is -3.88. The highest BCUT2D eigenvalue weighted by Crippen LogP contribution is 2.25. The number of rotatable bonds is 5. The Labute approximate surface area is 154 Å². The number of nitrogens with zero attached hydrogens (tertiary/aromatic N) is 1. The third kappa shape index (κ3) is 4.37. The molecule has 1 saturated heterocycles. The van der Waals surface area contributed by atoms with Crippen LogP contribution in [0.25, 0.3) is 0 Å². The summed E-state index contributed by atoms with van der Waals surface area (Å²) in [4.78, 5) is 2.14. The molecule has 6 nitrogen and oxygen atoms in total. The van der Waals surface area contributed by atoms with Crippen LogP contribution >= 0.6 is 0 Å². The van der Waals surface area contributed by atoms with E-state index in [1.165, 1.54) is 30.7 Å². The maximum absolute atomic E-state index is 12.6. The number of anilines is 2. The van der Waals surface area contributed by atoms with Gasteiger partial charge in [-0.1, -0.05) is 12.1 Å². The van der Waals surface area contributed by atoms with Crippen LogP contribution in [0.1, 0.15) is 19.3 Å². The van der Waals surface area contributed by atoms with Crippen LogP contribution in [0, 0.1) is 0 Å². The van der Waals surface area contributed by atoms with E-state index in [4.69, 9.17) is 0 Å². The predicted octanol–water partition coefficient (Wildman–Crippen LogP) is 2.88. The van der Waals surface area contributed by atoms with Gasteiger partial charge >= 0.3 is 0 Å². The first-order chi connectivity index (χ1) is 12.3. The first kappa shape index (κ1) is 18.7. The van der Waals surface area contributed by atoms with Crippen LogP contribution in [0.15, 0.2) is 58.3 Å². The van der Waals surface area contributed by atoms with Crippen molar-refractivity contribution >= 4 is 31.2 Å². The molecule has 1 fully saturated rings. The SMILES string of the molecule is CS(=O)(=O)c1cccc(S(=O)(=O)Nc2cccc(N3CCCCC3)c2)c1. The number of sulfonamides is 1. The zero-order valence-corrected chi connectivity index (χ0v) is 16.2. The number of hydrogen-bond acceptors (Lipinski definition) is 5. The van der Waals surface area contributed by atoms with E-state index in [2.05, 4.69) is 9.62 Å². The molecule has 26 heavy (non-hydrogen) atoms. The topological polar surface area (TPSA) is 83.5 Å². The Hall–Kier alpha value is -2.06. The normalized spacial score (nSPS) is 15.7. The summed E-state index contributed by atoms with van der Waals surface area (Å²) in [6.45, 7) is 1.93. The van der Waals surface area contributed by atoms with Gasteiger partial charge in [0.05, 0.1) is 15.5 Å². The molecule has 3 rings (SSSR count). The lowest BCUT2D eigenvalue weighted by Crippen LogP contribution is -2.29. The molecule has 1 aliphatic heterocycles. The number of sulfone groups is 1. The molecule has 0 spiro atoms. The monoisotopic (exact) mass is 394 g/mol. The van der Waals surface area contributed by atoms with Gasteiger partial charge in [0, 0.05) is 25.0 Å². The van der Waals surface area contributed by atoms with Crippen LogP contribution in [0.3, 0.4) is 0 Å². The third-order valence-corrected chi connectivity index (χ3v) is 6.85. The molecule has 0 aromatic heterocycles. The molecule has 0 atom stereocenters. The molecule has 1 heterocycles. The van der Waals surface area contributed by atoms with E-state index < -0.39 is 19.9 Å². The van der Waals surface area contributed by atoms with Crippen LogP contribution in [-0.2, 0) is 19.9 Å². The molecule has 2 aromatic rings. The number of benzene rings is 2. The van der Waals surface area contributed by atoms with Crippen molar-refractivity contribution in [2.75, 3.05) is 29.0 Å². The molecule has 140 valence electrons. The first-order valence-corrected chi connectivity index (χ1v) is 11.8. The zero-order valence-electron chi connectivity index (χ0n) is 14.6. The quantitative estimate of drug-likeness (QED) is 0.843. The lowest BCUT2D eigenvalue weighted by atomic mass is 10.1. The molecular weight excluding hydrogens is 372 g/mol. The lowest BCUT2D eigenvalue weighted by molar-refractivity contribution is 0.578. The van der Waals surface area contributed by atoms with Crippen molar-refractivity contribution in [3.63, 3.8) is 0 Å². The standard InChI is InChI=1S/C18H22N2O4S2/c1-25(21,22)17-9-6-10-18(14-17)26(23,24)19-15-7-5-8-16(13-15)20-11-3-2-4-12-20/h5-10,13-14,19H,2-4,11-12H2,1H3. The fourth-order valence-corrected chi connectivity index (χ4v) is 4.84. The smallest absolute Gasteiger partial charge is 0.261 e. The van der Waals surface area contributed by atoms with Crippen molar-refractivity contribution in [3.8, 4) is 0 Å². The van der Waals surface area contributed by atoms with Crippen molar-refractivity contribution < 1.29 is 16.8 Å². The molecule has 0 amide bonds. The van der Waals surface area contributed by atoms with E-state index in [1.54, 1.807) is 6.07 Å². The summed E-state index contributed by atoms with van der Waals surface area (Å²) in [5.41, 5.74) is 1.44. The van der Waals surface area contributed by atoms with Gasteiger partial charge in [-0.15, -0.1) is 0 Å². The van der Waals surface area contributed by atoms with Crippen LogP contribution < -0.4 is 9.62 Å². The molecule has 0 aliphatic carbocycles. The summed E-state index contributed by atoms with van der Waals surface area (Å²) >= 11 is 0. The second-order valence-corrected chi connectivity index (χ2v) is 10.1. The average Bonchev–Trinajstić information content (AvgIpc) is 2.62. The average molecular weight is 395 g/mol. The Bertz CT molecular complexity index is 995. The summed E-state index contributed by atoms with van der Waals surface area (Å²) < 4.78 is 51.2. The number of hydrogen-bond donors (Lipinski definition) is 1. The molecule has 1 aliphatic rings. The Morgan fingerprint density at radius 2 is 1.50 bits per heavy atom. The summed E-state index contributed by atoms with van der Waals surface area (Å²) in [7, 11) is -7.36. The Morgan fingerprint density at radius 1 is 0.846 bits per heavy atom. The van der Waals surface area contributed by atoms with Gasteiger partial charge in [0.2, 0.25) is 0 Å². The molecule has 2 aromatic carbocycles. The highest BCUT2D eigenvalue weighted by Gasteiger charge is 2.18. The minimum Gasteiger partial charge on any atom is -0.371 e. The van der Waals surface area contributed by atoms with E-state index in [-0.39, 0.29) is 9.79 Å². The lowest BCUT2D eigenvalue weighted by Gasteiger charge is -2.29. The van der Waals surface area contributed by atoms with E-state index in [0.717, 1.165) is 37.9 Å². The van der Waals surface area contributed by atoms with Gasteiger partial charge in [-0.3, -0.25) is 4.72 Å². The number of nitrogens with one attached hydrogen (secondary N) is 1. The highest BCUT2D eigenvalue weighted by molar-refractivity contribution is 7.93. The molecular formula is C18H22N2O4S2. The molecule has 8 heteroatoms. The fraction of sp³-hybridized carbons (Fsp3) is 0.333. The van der Waals surface area contributed by atoms with Crippen LogP contribution in [-0.4, -0.2) is 36.2 Å². The van der Waals surface area contributed by atoms with Crippen LogP contribution in [0.5, 0.6) is 0 Å². The zero-order chi connectivity index (χ0) is 18.8. The van der Waals surface area contributed by atoms with Gasteiger partial charge in [0.15, 0.2) is 9.84 Å². The Balaban J connectivity index is 1.86. The fourth-order valence-electron chi connectivity index (χ4n) is 3.00. The second kappa shape index (κ2) is 7.28. The van der Waals surface area contributed by atoms with E-state index >= 15 is 0 Å². The van der Waals surface area contributed by atoms with E-state index in [9.17, 15) is 16.8 Å². The predicted molar refractivity (Wildman–Crippen MR) is 103 cm³/mol. The van der Waals surface area contributed by atoms with Gasteiger partial charge in [0.25, 0.3) is 10.0 Å². The van der Waals surface area contributed by atoms with E-state index in [0.29, 0.717) is 5.69 Å². The maximum Gasteiger partial charge on any atom is 0.261 e. The Morgan fingerprint density at radius 3 is 2.19 bits per heavy atom. The summed E-state index contributed by atoms with van der Waals surface area (Å²) in [6.07, 6.45) is 4.54. The molecule has 0 bridgehead atoms. The second-order valence-electron chi connectivity index (χ2n) is 6.45. The maximum atomic E-state index is 12.6. The molecule has 0 unspecified atom stereocenters. The summed E-state index contributed by atoms with van der Waals surface area (Å²) in [5.74, 6) is 0. The van der Waals surface area contributed by atoms with E-state index in [1.807, 2.05) is 18.2 Å². The van der Waals surface area contributed by atoms with Crippen molar-refractivity contribution in [2.45, 2.75) is 29.1 Å². The highest BCUT2D eigenvalue weighted by atomic mass is 32.2. The molecule has 0 radical (unpaired) electrons. The van der Waals surface area contributed by atoms with Crippen molar-refractivity contribution in [3.05, 3.63) is 48.5 Å². The summed E-state index contributed by atoms with van der Waals surface area (Å²) in [6, 6.07) is 12.6. The summed E-state index contributed by atoms with van der Waals surface area (Å²) in [5, 5.41) is 0. The van der Waals surface area contributed by atoms with Gasteiger partial charge in [-0.2, -0.15) is 0 Å². The van der Waals surface area contributed by atoms with Gasteiger partial charge < -0.3 is 4.90 Å². The first-order valence-electron chi connectivity index (χ1n) is 8.44. The molecule has 1 N–H and O–H groups in total. The largest absolute Gasteiger partial charge is 0.371 e. The Kier molecular flexibility index (Phi) is 5.24. The van der Waals surface area contributed by atoms with Crippen molar-refractivity contribution in [2.24, 2.45) is 0 Å². The third-order valence-electron chi connectivity index (χ3n) is 4.36. The van der Waals surface area contributed by atoms with Crippen molar-refractivity contribution in [1.29, 1.82) is 0 Å².